The van der Waals surface area contributed by atoms with Gasteiger partial charge >= 0.3 is 0 Å². The number of carbonyl (C=O) groups excluding carboxylic acids is 1. The van der Waals surface area contributed by atoms with Crippen molar-refractivity contribution in [3.63, 3.8) is 0 Å². The molecule has 1 amide bonds. The lowest BCUT2D eigenvalue weighted by Crippen LogP contribution is -2.39. The highest BCUT2D eigenvalue weighted by Gasteiger charge is 2.20. The summed E-state index contributed by atoms with van der Waals surface area (Å²) in [5.41, 5.74) is 11.6. The third-order valence-electron chi connectivity index (χ3n) is 2.40. The Morgan fingerprint density at radius 1 is 1.37 bits per heavy atom. The van der Waals surface area contributed by atoms with Gasteiger partial charge in [-0.05, 0) is 27.7 Å². The van der Waals surface area contributed by atoms with E-state index in [0.717, 1.165) is 0 Å². The second kappa shape index (κ2) is 6.21. The quantitative estimate of drug-likeness (QED) is 0.779. The summed E-state index contributed by atoms with van der Waals surface area (Å²) in [5, 5.41) is 0. The number of carbonyl (C=O) groups is 1. The number of hydrogen-bond donors (Lipinski definition) is 2. The number of nitrogens with zero attached hydrogens (tertiary/aromatic N) is 3. The van der Waals surface area contributed by atoms with Crippen molar-refractivity contribution in [3.8, 4) is 5.88 Å². The van der Waals surface area contributed by atoms with Crippen LogP contribution in [0.25, 0.3) is 0 Å². The van der Waals surface area contributed by atoms with Gasteiger partial charge in [-0.2, -0.15) is 4.98 Å². The van der Waals surface area contributed by atoms with E-state index < -0.39 is 5.91 Å². The molecular weight excluding hydrogens is 246 g/mol. The van der Waals surface area contributed by atoms with E-state index in [-0.39, 0.29) is 18.7 Å². The minimum atomic E-state index is -0.446. The first-order chi connectivity index (χ1) is 8.82. The maximum Gasteiger partial charge on any atom is 0.242 e. The number of nitrogens with two attached hydrogens (primary N) is 2. The summed E-state index contributed by atoms with van der Waals surface area (Å²) < 4.78 is 5.50. The van der Waals surface area contributed by atoms with Crippen molar-refractivity contribution in [2.45, 2.75) is 39.8 Å². The molecule has 0 unspecified atom stereocenters. The average molecular weight is 267 g/mol. The summed E-state index contributed by atoms with van der Waals surface area (Å²) in [4.78, 5) is 21.0. The van der Waals surface area contributed by atoms with Crippen LogP contribution in [0.15, 0.2) is 6.33 Å². The lowest BCUT2D eigenvalue weighted by molar-refractivity contribution is -0.116. The molecule has 0 aliphatic rings. The van der Waals surface area contributed by atoms with E-state index in [1.807, 2.05) is 27.7 Å². The van der Waals surface area contributed by atoms with Gasteiger partial charge in [0.1, 0.15) is 12.0 Å². The zero-order valence-corrected chi connectivity index (χ0v) is 11.8. The van der Waals surface area contributed by atoms with E-state index in [4.69, 9.17) is 16.2 Å². The van der Waals surface area contributed by atoms with Gasteiger partial charge in [0.05, 0.1) is 12.6 Å². The highest BCUT2D eigenvalue weighted by atomic mass is 16.5. The molecule has 1 aromatic heterocycles. The smallest absolute Gasteiger partial charge is 0.242 e. The van der Waals surface area contributed by atoms with E-state index in [1.165, 1.54) is 6.33 Å². The molecule has 0 saturated carbocycles. The molecule has 106 valence electrons. The molecule has 0 aliphatic heterocycles. The Kier molecular flexibility index (Phi) is 4.91. The minimum Gasteiger partial charge on any atom is -0.473 e. The largest absolute Gasteiger partial charge is 0.473 e. The summed E-state index contributed by atoms with van der Waals surface area (Å²) in [6.07, 6.45) is 1.31. The van der Waals surface area contributed by atoms with Gasteiger partial charge in [-0.3, -0.25) is 4.79 Å². The molecule has 4 N–H and O–H groups in total. The van der Waals surface area contributed by atoms with Gasteiger partial charge in [0.25, 0.3) is 0 Å². The first kappa shape index (κ1) is 15.0. The molecule has 1 rings (SSSR count). The first-order valence-corrected chi connectivity index (χ1v) is 6.15. The maximum absolute atomic E-state index is 11.1. The Bertz CT molecular complexity index is 448. The fourth-order valence-electron chi connectivity index (χ4n) is 1.59. The Morgan fingerprint density at radius 2 is 2.00 bits per heavy atom. The van der Waals surface area contributed by atoms with Crippen LogP contribution < -0.4 is 21.1 Å². The van der Waals surface area contributed by atoms with Crippen LogP contribution in [0, 0.1) is 0 Å². The lowest BCUT2D eigenvalue weighted by atomic mass is 10.3. The van der Waals surface area contributed by atoms with Crippen molar-refractivity contribution >= 4 is 17.4 Å². The monoisotopic (exact) mass is 267 g/mol. The van der Waals surface area contributed by atoms with Crippen LogP contribution in [0.1, 0.15) is 27.7 Å². The van der Waals surface area contributed by atoms with Crippen LogP contribution in [0.4, 0.5) is 11.5 Å². The molecular formula is C12H21N5O2. The number of anilines is 2. The van der Waals surface area contributed by atoms with Crippen molar-refractivity contribution in [2.24, 2.45) is 5.73 Å². The molecule has 0 spiro atoms. The SMILES string of the molecule is CC(C)Oc1ncnc(N(CC(N)=O)C(C)C)c1N. The van der Waals surface area contributed by atoms with Crippen LogP contribution in [-0.2, 0) is 4.79 Å². The third-order valence-corrected chi connectivity index (χ3v) is 2.40. The molecule has 1 heterocycles. The Hall–Kier alpha value is -2.05. The van der Waals surface area contributed by atoms with Gasteiger partial charge in [0.15, 0.2) is 5.82 Å². The van der Waals surface area contributed by atoms with Crippen LogP contribution in [0.5, 0.6) is 5.88 Å². The molecule has 1 aromatic rings. The highest BCUT2D eigenvalue weighted by molar-refractivity contribution is 5.81. The van der Waals surface area contributed by atoms with Gasteiger partial charge in [-0.15, -0.1) is 0 Å². The first-order valence-electron chi connectivity index (χ1n) is 6.15. The second-order valence-corrected chi connectivity index (χ2v) is 4.77. The summed E-state index contributed by atoms with van der Waals surface area (Å²) in [6, 6.07) is 0.0246. The van der Waals surface area contributed by atoms with Crippen molar-refractivity contribution in [3.05, 3.63) is 6.33 Å². The predicted octanol–water partition coefficient (Wildman–Crippen LogP) is 0.546. The number of aromatic nitrogens is 2. The Morgan fingerprint density at radius 3 is 2.47 bits per heavy atom. The third kappa shape index (κ3) is 3.97. The van der Waals surface area contributed by atoms with E-state index in [9.17, 15) is 4.79 Å². The normalized spacial score (nSPS) is 10.8. The highest BCUT2D eigenvalue weighted by Crippen LogP contribution is 2.29. The number of ether oxygens (including phenoxy) is 1. The van der Waals surface area contributed by atoms with Gasteiger partial charge in [0.2, 0.25) is 11.8 Å². The van der Waals surface area contributed by atoms with Gasteiger partial charge in [-0.25, -0.2) is 4.98 Å². The minimum absolute atomic E-state index is 0.0246. The fraction of sp³-hybridized carbons (Fsp3) is 0.583. The average Bonchev–Trinajstić information content (AvgIpc) is 2.28. The molecule has 0 atom stereocenters. The van der Waals surface area contributed by atoms with Crippen molar-refractivity contribution in [1.82, 2.24) is 9.97 Å². The molecule has 19 heavy (non-hydrogen) atoms. The van der Waals surface area contributed by atoms with E-state index >= 15 is 0 Å². The molecule has 0 aliphatic carbocycles. The van der Waals surface area contributed by atoms with Crippen molar-refractivity contribution < 1.29 is 9.53 Å². The predicted molar refractivity (Wildman–Crippen MR) is 73.9 cm³/mol. The summed E-state index contributed by atoms with van der Waals surface area (Å²) in [6.45, 7) is 7.65. The second-order valence-electron chi connectivity index (χ2n) is 4.77. The summed E-state index contributed by atoms with van der Waals surface area (Å²) >= 11 is 0. The molecule has 0 bridgehead atoms. The summed E-state index contributed by atoms with van der Waals surface area (Å²) in [7, 11) is 0. The topological polar surface area (TPSA) is 107 Å². The van der Waals surface area contributed by atoms with Gasteiger partial charge in [0, 0.05) is 6.04 Å². The van der Waals surface area contributed by atoms with Crippen LogP contribution in [-0.4, -0.2) is 34.6 Å². The number of primary amides is 1. The van der Waals surface area contributed by atoms with Crippen molar-refractivity contribution in [1.29, 1.82) is 0 Å². The zero-order chi connectivity index (χ0) is 14.6. The maximum atomic E-state index is 11.1. The van der Waals surface area contributed by atoms with Gasteiger partial charge < -0.3 is 21.1 Å². The molecule has 7 nitrogen and oxygen atoms in total. The molecule has 0 aromatic carbocycles. The Labute approximate surface area is 113 Å². The Balaban J connectivity index is 3.13. The van der Waals surface area contributed by atoms with Crippen molar-refractivity contribution in [2.75, 3.05) is 17.2 Å². The number of hydrogen-bond acceptors (Lipinski definition) is 6. The van der Waals surface area contributed by atoms with Gasteiger partial charge in [-0.1, -0.05) is 0 Å². The van der Waals surface area contributed by atoms with Crippen LogP contribution >= 0.6 is 0 Å². The summed E-state index contributed by atoms with van der Waals surface area (Å²) in [5.74, 6) is 0.326. The molecule has 0 radical (unpaired) electrons. The molecule has 7 heteroatoms. The van der Waals surface area contributed by atoms with Crippen LogP contribution in [0.2, 0.25) is 0 Å². The molecule has 0 saturated heterocycles. The fourth-order valence-corrected chi connectivity index (χ4v) is 1.59. The van der Waals surface area contributed by atoms with E-state index in [0.29, 0.717) is 17.4 Å². The van der Waals surface area contributed by atoms with Crippen LogP contribution in [0.3, 0.4) is 0 Å². The number of amides is 1. The number of nitrogen functional groups attached to an aromatic ring is 1. The zero-order valence-electron chi connectivity index (χ0n) is 11.8. The lowest BCUT2D eigenvalue weighted by Gasteiger charge is -2.27. The number of rotatable bonds is 6. The molecule has 0 fully saturated rings. The van der Waals surface area contributed by atoms with E-state index in [2.05, 4.69) is 9.97 Å². The van der Waals surface area contributed by atoms with E-state index in [1.54, 1.807) is 4.90 Å². The standard InChI is InChI=1S/C12H21N5O2/c1-7(2)17(5-9(13)18)11-10(14)12(16-6-15-11)19-8(3)4/h6-8H,5,14H2,1-4H3,(H2,13,18).